The summed E-state index contributed by atoms with van der Waals surface area (Å²) < 4.78 is 62.2. The van der Waals surface area contributed by atoms with Gasteiger partial charge in [-0.2, -0.15) is 13.2 Å². The molecule has 2 aromatic carbocycles. The second kappa shape index (κ2) is 5.10. The molecule has 0 unspecified atom stereocenters. The molecule has 1 heterocycles. The smallest absolute Gasteiger partial charge is 0.317 e. The molecular weight excluding hydrogens is 329 g/mol. The van der Waals surface area contributed by atoms with Crippen LogP contribution in [-0.2, 0) is 16.2 Å². The van der Waals surface area contributed by atoms with E-state index in [4.69, 9.17) is 5.14 Å². The molecule has 0 aliphatic heterocycles. The number of fused-ring (bicyclic) bond motifs is 1. The molecule has 8 heteroatoms. The summed E-state index contributed by atoms with van der Waals surface area (Å²) in [6.45, 7) is 0. The van der Waals surface area contributed by atoms with E-state index in [1.807, 2.05) is 0 Å². The number of alkyl halides is 3. The van der Waals surface area contributed by atoms with Crippen LogP contribution in [0, 0.1) is 0 Å². The van der Waals surface area contributed by atoms with Crippen LogP contribution >= 0.6 is 0 Å². The third kappa shape index (κ3) is 2.95. The van der Waals surface area contributed by atoms with Crippen LogP contribution in [0.2, 0.25) is 0 Å². The number of hydrogen-bond acceptors (Lipinski definition) is 2. The average molecular weight is 340 g/mol. The van der Waals surface area contributed by atoms with Gasteiger partial charge in [-0.25, -0.2) is 13.6 Å². The van der Waals surface area contributed by atoms with E-state index in [1.54, 1.807) is 22.9 Å². The highest BCUT2D eigenvalue weighted by Gasteiger charge is 2.30. The van der Waals surface area contributed by atoms with Gasteiger partial charge in [-0.1, -0.05) is 0 Å². The number of aromatic nitrogens is 1. The summed E-state index contributed by atoms with van der Waals surface area (Å²) in [6.07, 6.45) is -2.73. The van der Waals surface area contributed by atoms with Gasteiger partial charge < -0.3 is 4.57 Å². The maximum atomic E-state index is 12.6. The van der Waals surface area contributed by atoms with Crippen LogP contribution in [-0.4, -0.2) is 13.0 Å². The van der Waals surface area contributed by atoms with Crippen LogP contribution in [0.1, 0.15) is 5.56 Å². The molecule has 2 N–H and O–H groups in total. The summed E-state index contributed by atoms with van der Waals surface area (Å²) in [5.41, 5.74) is 0.475. The van der Waals surface area contributed by atoms with E-state index in [9.17, 15) is 21.6 Å². The van der Waals surface area contributed by atoms with Crippen molar-refractivity contribution in [2.24, 2.45) is 5.14 Å². The van der Waals surface area contributed by atoms with Crippen LogP contribution in [0.3, 0.4) is 0 Å². The Morgan fingerprint density at radius 3 is 2.17 bits per heavy atom. The van der Waals surface area contributed by atoms with Gasteiger partial charge in [-0.05, 0) is 48.5 Å². The van der Waals surface area contributed by atoms with Gasteiger partial charge in [0.2, 0.25) is 10.0 Å². The van der Waals surface area contributed by atoms with Gasteiger partial charge in [0, 0.05) is 17.3 Å². The molecule has 0 amide bonds. The van der Waals surface area contributed by atoms with Crippen molar-refractivity contribution in [1.82, 2.24) is 4.57 Å². The normalized spacial score (nSPS) is 12.7. The highest BCUT2D eigenvalue weighted by Crippen LogP contribution is 2.30. The standard InChI is InChI=1S/C15H11F3N2O2S/c16-15(17,18)11-1-3-12(4-2-11)20-8-7-10-9-13(23(19,21)22)5-6-14(10)20/h1-9H,(H2,19,21,22). The molecule has 0 bridgehead atoms. The third-order valence-corrected chi connectivity index (χ3v) is 4.37. The van der Waals surface area contributed by atoms with Gasteiger partial charge in [0.05, 0.1) is 16.0 Å². The summed E-state index contributed by atoms with van der Waals surface area (Å²) in [5, 5.41) is 5.70. The Bertz CT molecular complexity index is 974. The fourth-order valence-electron chi connectivity index (χ4n) is 2.33. The molecule has 120 valence electrons. The summed E-state index contributed by atoms with van der Waals surface area (Å²) in [4.78, 5) is -0.0184. The molecule has 0 radical (unpaired) electrons. The van der Waals surface area contributed by atoms with Crippen molar-refractivity contribution < 1.29 is 21.6 Å². The van der Waals surface area contributed by atoms with Crippen molar-refractivity contribution in [3.63, 3.8) is 0 Å². The molecule has 0 aliphatic carbocycles. The summed E-state index contributed by atoms with van der Waals surface area (Å²) in [6, 6.07) is 10.7. The van der Waals surface area contributed by atoms with E-state index < -0.39 is 21.8 Å². The Morgan fingerprint density at radius 2 is 1.61 bits per heavy atom. The molecule has 23 heavy (non-hydrogen) atoms. The zero-order chi connectivity index (χ0) is 16.8. The lowest BCUT2D eigenvalue weighted by atomic mass is 10.2. The molecule has 0 aliphatic rings. The number of hydrogen-bond donors (Lipinski definition) is 1. The molecule has 3 aromatic rings. The highest BCUT2D eigenvalue weighted by atomic mass is 32.2. The molecule has 0 fully saturated rings. The number of nitrogens with two attached hydrogens (primary N) is 1. The Kier molecular flexibility index (Phi) is 3.46. The molecule has 3 rings (SSSR count). The molecule has 0 saturated heterocycles. The van der Waals surface area contributed by atoms with Gasteiger partial charge in [0.1, 0.15) is 0 Å². The first-order valence-electron chi connectivity index (χ1n) is 6.48. The second-order valence-corrected chi connectivity index (χ2v) is 6.56. The SMILES string of the molecule is NS(=O)(=O)c1ccc2c(ccn2-c2ccc(C(F)(F)F)cc2)c1. The van der Waals surface area contributed by atoms with E-state index in [-0.39, 0.29) is 4.90 Å². The zero-order valence-electron chi connectivity index (χ0n) is 11.6. The van der Waals surface area contributed by atoms with E-state index >= 15 is 0 Å². The molecule has 0 saturated carbocycles. The largest absolute Gasteiger partial charge is 0.416 e. The number of halogens is 3. The topological polar surface area (TPSA) is 65.1 Å². The summed E-state index contributed by atoms with van der Waals surface area (Å²) >= 11 is 0. The minimum atomic E-state index is -4.39. The molecule has 0 spiro atoms. The zero-order valence-corrected chi connectivity index (χ0v) is 12.4. The van der Waals surface area contributed by atoms with Crippen molar-refractivity contribution >= 4 is 20.9 Å². The van der Waals surface area contributed by atoms with Gasteiger partial charge in [0.25, 0.3) is 0 Å². The lowest BCUT2D eigenvalue weighted by Gasteiger charge is -2.09. The average Bonchev–Trinajstić information content (AvgIpc) is 2.88. The number of primary sulfonamides is 1. The van der Waals surface area contributed by atoms with Crippen LogP contribution in [0.15, 0.2) is 59.6 Å². The van der Waals surface area contributed by atoms with Crippen molar-refractivity contribution in [2.75, 3.05) is 0 Å². The minimum absolute atomic E-state index is 0.0184. The monoisotopic (exact) mass is 340 g/mol. The quantitative estimate of drug-likeness (QED) is 0.778. The highest BCUT2D eigenvalue weighted by molar-refractivity contribution is 7.89. The van der Waals surface area contributed by atoms with Crippen molar-refractivity contribution in [3.05, 3.63) is 60.3 Å². The third-order valence-electron chi connectivity index (χ3n) is 3.46. The fraction of sp³-hybridized carbons (Fsp3) is 0.0667. The van der Waals surface area contributed by atoms with E-state index in [0.29, 0.717) is 16.6 Å². The van der Waals surface area contributed by atoms with Gasteiger partial charge >= 0.3 is 6.18 Å². The lowest BCUT2D eigenvalue weighted by molar-refractivity contribution is -0.137. The Balaban J connectivity index is 2.07. The molecular formula is C15H11F3N2O2S. The number of benzene rings is 2. The van der Waals surface area contributed by atoms with E-state index in [2.05, 4.69) is 0 Å². The first kappa shape index (κ1) is 15.6. The van der Waals surface area contributed by atoms with Gasteiger partial charge in [-0.15, -0.1) is 0 Å². The van der Waals surface area contributed by atoms with Crippen LogP contribution in [0.25, 0.3) is 16.6 Å². The Labute approximate surface area is 130 Å². The minimum Gasteiger partial charge on any atom is -0.317 e. The van der Waals surface area contributed by atoms with E-state index in [1.165, 1.54) is 24.3 Å². The maximum absolute atomic E-state index is 12.6. The van der Waals surface area contributed by atoms with Crippen molar-refractivity contribution in [2.45, 2.75) is 11.1 Å². The Hall–Kier alpha value is -2.32. The number of nitrogens with zero attached hydrogens (tertiary/aromatic N) is 1. The molecule has 4 nitrogen and oxygen atoms in total. The maximum Gasteiger partial charge on any atom is 0.416 e. The van der Waals surface area contributed by atoms with Crippen molar-refractivity contribution in [3.8, 4) is 5.69 Å². The van der Waals surface area contributed by atoms with Crippen molar-refractivity contribution in [1.29, 1.82) is 0 Å². The van der Waals surface area contributed by atoms with Crippen LogP contribution in [0.5, 0.6) is 0 Å². The van der Waals surface area contributed by atoms with Crippen LogP contribution in [0.4, 0.5) is 13.2 Å². The number of rotatable bonds is 2. The summed E-state index contributed by atoms with van der Waals surface area (Å²) in [5.74, 6) is 0. The summed E-state index contributed by atoms with van der Waals surface area (Å²) in [7, 11) is -3.81. The predicted octanol–water partition coefficient (Wildman–Crippen LogP) is 3.30. The van der Waals surface area contributed by atoms with Gasteiger partial charge in [-0.3, -0.25) is 0 Å². The number of sulfonamides is 1. The predicted molar refractivity (Wildman–Crippen MR) is 79.7 cm³/mol. The second-order valence-electron chi connectivity index (χ2n) is 5.00. The van der Waals surface area contributed by atoms with E-state index in [0.717, 1.165) is 12.1 Å². The lowest BCUT2D eigenvalue weighted by Crippen LogP contribution is -2.11. The molecule has 0 atom stereocenters. The van der Waals surface area contributed by atoms with Crippen LogP contribution < -0.4 is 5.14 Å². The first-order chi connectivity index (χ1) is 10.7. The fourth-order valence-corrected chi connectivity index (χ4v) is 2.88. The van der Waals surface area contributed by atoms with Gasteiger partial charge in [0.15, 0.2) is 0 Å². The first-order valence-corrected chi connectivity index (χ1v) is 8.02. The molecule has 1 aromatic heterocycles. The Morgan fingerprint density at radius 1 is 0.957 bits per heavy atom.